The Bertz CT molecular complexity index is 4040. The van der Waals surface area contributed by atoms with Crippen molar-refractivity contribution in [2.45, 2.75) is 12.8 Å². The Balaban J connectivity index is 0.992. The Morgan fingerprint density at radius 2 is 1.08 bits per heavy atom. The van der Waals surface area contributed by atoms with E-state index in [9.17, 15) is 0 Å². The van der Waals surface area contributed by atoms with Gasteiger partial charge in [-0.25, -0.2) is 15.0 Å². The van der Waals surface area contributed by atoms with Crippen LogP contribution in [0.1, 0.15) is 17.7 Å². The smallest absolute Gasteiger partial charge is 0.164 e. The molecule has 4 aromatic heterocycles. The number of para-hydroxylation sites is 2. The van der Waals surface area contributed by atoms with Crippen LogP contribution >= 0.6 is 0 Å². The van der Waals surface area contributed by atoms with Crippen LogP contribution in [-0.4, -0.2) is 24.1 Å². The van der Waals surface area contributed by atoms with Crippen molar-refractivity contribution in [3.63, 3.8) is 0 Å². The molecule has 0 radical (unpaired) electrons. The fourth-order valence-electron chi connectivity index (χ4n) is 10.4. The van der Waals surface area contributed by atoms with Gasteiger partial charge in [-0.05, 0) is 82.9 Å². The Morgan fingerprint density at radius 1 is 0.431 bits per heavy atom. The monoisotopic (exact) mass is 831 g/mol. The predicted molar refractivity (Wildman–Crippen MR) is 267 cm³/mol. The van der Waals surface area contributed by atoms with Gasteiger partial charge in [0, 0.05) is 66.6 Å². The second kappa shape index (κ2) is 13.9. The highest BCUT2D eigenvalue weighted by atomic mass is 16.3. The average molecular weight is 832 g/mol. The van der Waals surface area contributed by atoms with Gasteiger partial charge in [0.05, 0.1) is 22.2 Å². The minimum atomic E-state index is 0.591. The van der Waals surface area contributed by atoms with Crippen molar-refractivity contribution in [2.24, 2.45) is 0 Å². The molecule has 0 amide bonds. The highest BCUT2D eigenvalue weighted by molar-refractivity contribution is 6.20. The molecule has 4 heterocycles. The molecule has 0 N–H and O–H groups in total. The van der Waals surface area contributed by atoms with Crippen LogP contribution in [0.3, 0.4) is 0 Å². The summed E-state index contributed by atoms with van der Waals surface area (Å²) in [5.74, 6) is 1.82. The number of aromatic nitrogens is 5. The minimum absolute atomic E-state index is 0.591. The molecule has 1 aliphatic carbocycles. The number of benzene rings is 9. The first-order chi connectivity index (χ1) is 32.2. The molecule has 0 fully saturated rings. The lowest BCUT2D eigenvalue weighted by Crippen LogP contribution is -2.04. The molecule has 0 spiro atoms. The van der Waals surface area contributed by atoms with Gasteiger partial charge in [-0.3, -0.25) is 0 Å². The van der Waals surface area contributed by atoms with E-state index in [1.54, 1.807) is 0 Å². The van der Waals surface area contributed by atoms with Gasteiger partial charge in [0.25, 0.3) is 0 Å². The lowest BCUT2D eigenvalue weighted by atomic mass is 10.0. The van der Waals surface area contributed by atoms with Crippen molar-refractivity contribution in [1.29, 1.82) is 0 Å². The summed E-state index contributed by atoms with van der Waals surface area (Å²) in [6, 6.07) is 66.6. The number of fused-ring (bicyclic) bond motifs is 12. The van der Waals surface area contributed by atoms with Crippen LogP contribution in [0.5, 0.6) is 0 Å². The van der Waals surface area contributed by atoms with Gasteiger partial charge in [-0.1, -0.05) is 146 Å². The zero-order valence-electron chi connectivity index (χ0n) is 35.1. The zero-order valence-corrected chi connectivity index (χ0v) is 35.1. The summed E-state index contributed by atoms with van der Waals surface area (Å²) in [7, 11) is 0. The van der Waals surface area contributed by atoms with E-state index < -0.39 is 0 Å². The number of hydrogen-bond donors (Lipinski definition) is 0. The summed E-state index contributed by atoms with van der Waals surface area (Å²) in [4.78, 5) is 15.6. The molecule has 0 unspecified atom stereocenters. The summed E-state index contributed by atoms with van der Waals surface area (Å²) in [6.07, 6.45) is 6.64. The number of nitrogens with zero attached hydrogens (tertiary/aromatic N) is 5. The first kappa shape index (κ1) is 35.9. The van der Waals surface area contributed by atoms with E-state index in [2.05, 4.69) is 197 Å². The molecule has 1 aliphatic rings. The van der Waals surface area contributed by atoms with Gasteiger partial charge < -0.3 is 13.6 Å². The molecule has 0 saturated carbocycles. The Hall–Kier alpha value is -8.61. The summed E-state index contributed by atoms with van der Waals surface area (Å²) in [6.45, 7) is 0. The second-order valence-corrected chi connectivity index (χ2v) is 17.1. The fourth-order valence-corrected chi connectivity index (χ4v) is 10.4. The molecule has 14 rings (SSSR count). The Labute approximate surface area is 373 Å². The molecule has 0 aliphatic heterocycles. The van der Waals surface area contributed by atoms with E-state index in [4.69, 9.17) is 19.4 Å². The van der Waals surface area contributed by atoms with Crippen molar-refractivity contribution in [1.82, 2.24) is 24.1 Å². The van der Waals surface area contributed by atoms with Crippen LogP contribution in [0, 0.1) is 0 Å². The van der Waals surface area contributed by atoms with E-state index in [1.165, 1.54) is 54.9 Å². The predicted octanol–water partition coefficient (Wildman–Crippen LogP) is 15.1. The number of allylic oxidation sites excluding steroid dienone is 1. The van der Waals surface area contributed by atoms with Crippen LogP contribution in [0.4, 0.5) is 0 Å². The van der Waals surface area contributed by atoms with Crippen molar-refractivity contribution < 1.29 is 4.42 Å². The number of furan rings is 1. The maximum Gasteiger partial charge on any atom is 0.164 e. The van der Waals surface area contributed by atoms with Gasteiger partial charge in [0.2, 0.25) is 0 Å². The summed E-state index contributed by atoms with van der Waals surface area (Å²) in [5.41, 5.74) is 12.7. The third-order valence-corrected chi connectivity index (χ3v) is 13.4. The van der Waals surface area contributed by atoms with Crippen molar-refractivity contribution >= 4 is 82.3 Å². The molecule has 0 atom stereocenters. The standard InChI is InChI=1S/C59H37N5O/c1-2-17-42(18-3-1)63-50-22-10-8-19-44(50)46-31-32-47-45-20-9-11-23-51(45)64(56(47)55(46)63)43-29-30-48-53(35-43)65-52-24-12-21-49(54(48)52)59-61-57(40-27-25-36-13-4-6-15-38(36)33-40)60-58(62-59)41-28-26-37-14-5-7-16-39(37)34-41/h1-9,11-21,23-35H,10,22H2. The zero-order chi connectivity index (χ0) is 42.6. The number of hydrogen-bond acceptors (Lipinski definition) is 4. The third kappa shape index (κ3) is 5.50. The summed E-state index contributed by atoms with van der Waals surface area (Å²) < 4.78 is 11.8. The molecule has 304 valence electrons. The van der Waals surface area contributed by atoms with E-state index >= 15 is 0 Å². The van der Waals surface area contributed by atoms with Gasteiger partial charge in [0.15, 0.2) is 17.5 Å². The van der Waals surface area contributed by atoms with Gasteiger partial charge in [-0.15, -0.1) is 0 Å². The highest BCUT2D eigenvalue weighted by Crippen LogP contribution is 2.44. The summed E-state index contributed by atoms with van der Waals surface area (Å²) in [5, 5.41) is 10.3. The van der Waals surface area contributed by atoms with Crippen molar-refractivity contribution in [3.05, 3.63) is 205 Å². The third-order valence-electron chi connectivity index (χ3n) is 13.4. The van der Waals surface area contributed by atoms with Crippen LogP contribution in [0.25, 0.3) is 128 Å². The van der Waals surface area contributed by atoms with E-state index in [1.807, 2.05) is 12.1 Å². The van der Waals surface area contributed by atoms with E-state index in [0.29, 0.717) is 17.5 Å². The number of rotatable bonds is 5. The summed E-state index contributed by atoms with van der Waals surface area (Å²) >= 11 is 0. The molecular weight excluding hydrogens is 795 g/mol. The van der Waals surface area contributed by atoms with Gasteiger partial charge in [0.1, 0.15) is 11.2 Å². The molecule has 0 saturated heterocycles. The van der Waals surface area contributed by atoms with Gasteiger partial charge >= 0.3 is 0 Å². The second-order valence-electron chi connectivity index (χ2n) is 17.1. The maximum atomic E-state index is 6.85. The molecule has 6 heteroatoms. The maximum absolute atomic E-state index is 6.85. The lowest BCUT2D eigenvalue weighted by Gasteiger charge is -2.15. The van der Waals surface area contributed by atoms with Crippen molar-refractivity contribution in [2.75, 3.05) is 0 Å². The molecule has 9 aromatic carbocycles. The molecule has 6 nitrogen and oxygen atoms in total. The van der Waals surface area contributed by atoms with E-state index in [-0.39, 0.29) is 0 Å². The van der Waals surface area contributed by atoms with Gasteiger partial charge in [-0.2, -0.15) is 0 Å². The average Bonchev–Trinajstić information content (AvgIpc) is 4.04. The Morgan fingerprint density at radius 3 is 1.85 bits per heavy atom. The normalized spacial score (nSPS) is 12.7. The SMILES string of the molecule is C1=Cc2c(n(-c3ccccc3)c3c2ccc2c4ccccc4n(-c4ccc5c(c4)oc4cccc(-c6nc(-c7ccc8ccccc8c7)nc(-c7ccc8ccccc8c7)n6)c45)c23)CC1. The largest absolute Gasteiger partial charge is 0.456 e. The quantitative estimate of drug-likeness (QED) is 0.173. The minimum Gasteiger partial charge on any atom is -0.456 e. The first-order valence-electron chi connectivity index (χ1n) is 22.2. The first-order valence-corrected chi connectivity index (χ1v) is 22.2. The Kier molecular flexibility index (Phi) is 7.71. The highest BCUT2D eigenvalue weighted by Gasteiger charge is 2.25. The molecule has 65 heavy (non-hydrogen) atoms. The molecule has 0 bridgehead atoms. The fraction of sp³-hybridized carbons (Fsp3) is 0.0339. The van der Waals surface area contributed by atoms with Crippen molar-refractivity contribution in [3.8, 4) is 45.5 Å². The molecule has 13 aromatic rings. The van der Waals surface area contributed by atoms with Crippen LogP contribution in [0.2, 0.25) is 0 Å². The van der Waals surface area contributed by atoms with Crippen LogP contribution in [0.15, 0.2) is 199 Å². The lowest BCUT2D eigenvalue weighted by molar-refractivity contribution is 0.668. The molecular formula is C59H37N5O. The van der Waals surface area contributed by atoms with Crippen LogP contribution in [-0.2, 0) is 6.42 Å². The van der Waals surface area contributed by atoms with E-state index in [0.717, 1.165) is 73.4 Å². The topological polar surface area (TPSA) is 61.7 Å². The van der Waals surface area contributed by atoms with Crippen LogP contribution < -0.4 is 0 Å².